The van der Waals surface area contributed by atoms with Crippen molar-refractivity contribution < 1.29 is 19.4 Å². The molecule has 0 radical (unpaired) electrons. The number of amides is 2. The summed E-state index contributed by atoms with van der Waals surface area (Å²) in [6.07, 6.45) is -0.717. The van der Waals surface area contributed by atoms with Crippen LogP contribution in [-0.2, 0) is 4.79 Å². The Balaban J connectivity index is 1.88. The van der Waals surface area contributed by atoms with Gasteiger partial charge in [0.15, 0.2) is 0 Å². The lowest BCUT2D eigenvalue weighted by Crippen LogP contribution is -2.43. The van der Waals surface area contributed by atoms with Gasteiger partial charge in [-0.1, -0.05) is 6.92 Å². The molecule has 29 heavy (non-hydrogen) atoms. The third kappa shape index (κ3) is 7.08. The molecule has 0 spiro atoms. The summed E-state index contributed by atoms with van der Waals surface area (Å²) >= 11 is 1.71. The Morgan fingerprint density at radius 2 is 1.66 bits per heavy atom. The SMILES string of the molecule is CCSCCC(N)C(O)C(=O)Nc1ccc(NC(=O)c2ccc(OC)cc2)cc1. The van der Waals surface area contributed by atoms with Crippen molar-refractivity contribution in [3.05, 3.63) is 54.1 Å². The van der Waals surface area contributed by atoms with Crippen molar-refractivity contribution in [1.82, 2.24) is 0 Å². The molecule has 2 amide bonds. The summed E-state index contributed by atoms with van der Waals surface area (Å²) in [6.45, 7) is 2.04. The molecule has 0 heterocycles. The van der Waals surface area contributed by atoms with Crippen molar-refractivity contribution in [1.29, 1.82) is 0 Å². The van der Waals surface area contributed by atoms with Gasteiger partial charge in [-0.05, 0) is 66.5 Å². The highest BCUT2D eigenvalue weighted by atomic mass is 32.2. The van der Waals surface area contributed by atoms with Gasteiger partial charge in [0, 0.05) is 23.0 Å². The average molecular weight is 418 g/mol. The van der Waals surface area contributed by atoms with Gasteiger partial charge in [-0.2, -0.15) is 11.8 Å². The first-order valence-electron chi connectivity index (χ1n) is 9.32. The largest absolute Gasteiger partial charge is 0.497 e. The quantitative estimate of drug-likeness (QED) is 0.442. The second kappa shape index (κ2) is 11.5. The van der Waals surface area contributed by atoms with Gasteiger partial charge in [0.25, 0.3) is 11.8 Å². The first-order valence-corrected chi connectivity index (χ1v) is 10.5. The Hall–Kier alpha value is -2.55. The number of carbonyl (C=O) groups excluding carboxylic acids is 2. The molecule has 2 atom stereocenters. The van der Waals surface area contributed by atoms with E-state index in [2.05, 4.69) is 10.6 Å². The van der Waals surface area contributed by atoms with Crippen LogP contribution in [0, 0.1) is 0 Å². The molecule has 0 aliphatic carbocycles. The Morgan fingerprint density at radius 3 is 2.21 bits per heavy atom. The second-order valence-corrected chi connectivity index (χ2v) is 7.74. The number of nitrogens with one attached hydrogen (secondary N) is 2. The molecule has 0 aromatic heterocycles. The van der Waals surface area contributed by atoms with Crippen LogP contribution in [0.1, 0.15) is 23.7 Å². The molecule has 0 saturated heterocycles. The van der Waals surface area contributed by atoms with Crippen LogP contribution in [-0.4, -0.2) is 47.7 Å². The van der Waals surface area contributed by atoms with Crippen LogP contribution < -0.4 is 21.1 Å². The highest BCUT2D eigenvalue weighted by molar-refractivity contribution is 7.99. The zero-order valence-electron chi connectivity index (χ0n) is 16.6. The van der Waals surface area contributed by atoms with E-state index in [-0.39, 0.29) is 5.91 Å². The van der Waals surface area contributed by atoms with Gasteiger partial charge in [-0.25, -0.2) is 0 Å². The highest BCUT2D eigenvalue weighted by Gasteiger charge is 2.22. The maximum atomic E-state index is 12.3. The number of rotatable bonds is 10. The molecular weight excluding hydrogens is 390 g/mol. The van der Waals surface area contributed by atoms with E-state index in [0.717, 1.165) is 11.5 Å². The molecular formula is C21H27N3O4S. The third-order valence-corrected chi connectivity index (χ3v) is 5.17. The van der Waals surface area contributed by atoms with E-state index in [1.54, 1.807) is 67.4 Å². The van der Waals surface area contributed by atoms with Crippen molar-refractivity contribution in [2.24, 2.45) is 5.73 Å². The average Bonchev–Trinajstić information content (AvgIpc) is 2.74. The molecule has 2 rings (SSSR count). The fourth-order valence-electron chi connectivity index (χ4n) is 2.51. The molecule has 2 aromatic rings. The number of methoxy groups -OCH3 is 1. The molecule has 156 valence electrons. The van der Waals surface area contributed by atoms with Crippen molar-refractivity contribution in [3.8, 4) is 5.75 Å². The van der Waals surface area contributed by atoms with Crippen LogP contribution in [0.5, 0.6) is 5.75 Å². The van der Waals surface area contributed by atoms with Gasteiger partial charge in [0.2, 0.25) is 0 Å². The minimum Gasteiger partial charge on any atom is -0.497 e. The molecule has 5 N–H and O–H groups in total. The lowest BCUT2D eigenvalue weighted by Gasteiger charge is -2.18. The Kier molecular flexibility index (Phi) is 8.98. The predicted octanol–water partition coefficient (Wildman–Crippen LogP) is 2.72. The summed E-state index contributed by atoms with van der Waals surface area (Å²) in [5.41, 5.74) is 7.47. The van der Waals surface area contributed by atoms with Crippen LogP contribution in [0.15, 0.2) is 48.5 Å². The van der Waals surface area contributed by atoms with E-state index >= 15 is 0 Å². The first-order chi connectivity index (χ1) is 13.9. The zero-order chi connectivity index (χ0) is 21.2. The predicted molar refractivity (Wildman–Crippen MR) is 118 cm³/mol. The normalized spacial score (nSPS) is 12.7. The van der Waals surface area contributed by atoms with Crippen molar-refractivity contribution in [2.45, 2.75) is 25.5 Å². The molecule has 2 aromatic carbocycles. The van der Waals surface area contributed by atoms with Gasteiger partial charge < -0.3 is 26.2 Å². The summed E-state index contributed by atoms with van der Waals surface area (Å²) < 4.78 is 5.07. The maximum Gasteiger partial charge on any atom is 0.255 e. The van der Waals surface area contributed by atoms with E-state index in [1.807, 2.05) is 6.92 Å². The highest BCUT2D eigenvalue weighted by Crippen LogP contribution is 2.17. The van der Waals surface area contributed by atoms with Gasteiger partial charge in [0.05, 0.1) is 7.11 Å². The number of thioether (sulfide) groups is 1. The van der Waals surface area contributed by atoms with Crippen LogP contribution in [0.3, 0.4) is 0 Å². The van der Waals surface area contributed by atoms with E-state index in [0.29, 0.717) is 29.1 Å². The number of hydrogen-bond acceptors (Lipinski definition) is 6. The standard InChI is InChI=1S/C21H27N3O4S/c1-3-29-13-12-18(22)19(25)21(27)24-16-8-6-15(7-9-16)23-20(26)14-4-10-17(28-2)11-5-14/h4-11,18-19,25H,3,12-13,22H2,1-2H3,(H,23,26)(H,24,27). The molecule has 0 saturated carbocycles. The Morgan fingerprint density at radius 1 is 1.07 bits per heavy atom. The number of nitrogens with two attached hydrogens (primary N) is 1. The van der Waals surface area contributed by atoms with Crippen molar-refractivity contribution in [2.75, 3.05) is 29.2 Å². The summed E-state index contributed by atoms with van der Waals surface area (Å²) in [4.78, 5) is 24.4. The van der Waals surface area contributed by atoms with Gasteiger partial charge in [-0.15, -0.1) is 0 Å². The van der Waals surface area contributed by atoms with Crippen LogP contribution in [0.25, 0.3) is 0 Å². The van der Waals surface area contributed by atoms with E-state index in [9.17, 15) is 14.7 Å². The molecule has 2 unspecified atom stereocenters. The fraction of sp³-hybridized carbons (Fsp3) is 0.333. The summed E-state index contributed by atoms with van der Waals surface area (Å²) in [5, 5.41) is 15.5. The number of hydrogen-bond donors (Lipinski definition) is 4. The van der Waals surface area contributed by atoms with Gasteiger partial charge in [0.1, 0.15) is 11.9 Å². The molecule has 0 aliphatic rings. The smallest absolute Gasteiger partial charge is 0.255 e. The molecule has 0 fully saturated rings. The van der Waals surface area contributed by atoms with Crippen LogP contribution in [0.2, 0.25) is 0 Å². The third-order valence-electron chi connectivity index (χ3n) is 4.24. The van der Waals surface area contributed by atoms with E-state index < -0.39 is 18.1 Å². The number of aliphatic hydroxyl groups is 1. The Bertz CT molecular complexity index is 797. The fourth-order valence-corrected chi connectivity index (χ4v) is 3.24. The molecule has 8 heteroatoms. The molecule has 0 aliphatic heterocycles. The van der Waals surface area contributed by atoms with Gasteiger partial charge in [-0.3, -0.25) is 9.59 Å². The zero-order valence-corrected chi connectivity index (χ0v) is 17.4. The monoisotopic (exact) mass is 417 g/mol. The number of benzene rings is 2. The molecule has 7 nitrogen and oxygen atoms in total. The van der Waals surface area contributed by atoms with Crippen LogP contribution >= 0.6 is 11.8 Å². The van der Waals surface area contributed by atoms with E-state index in [1.165, 1.54) is 0 Å². The minimum atomic E-state index is -1.28. The summed E-state index contributed by atoms with van der Waals surface area (Å²) in [7, 11) is 1.56. The number of anilines is 2. The molecule has 0 bridgehead atoms. The first kappa shape index (κ1) is 22.7. The number of aliphatic hydroxyl groups excluding tert-OH is 1. The summed E-state index contributed by atoms with van der Waals surface area (Å²) in [5.74, 6) is 1.64. The van der Waals surface area contributed by atoms with Gasteiger partial charge >= 0.3 is 0 Å². The summed E-state index contributed by atoms with van der Waals surface area (Å²) in [6, 6.07) is 12.8. The number of carbonyl (C=O) groups is 2. The minimum absolute atomic E-state index is 0.254. The van der Waals surface area contributed by atoms with Crippen molar-refractivity contribution in [3.63, 3.8) is 0 Å². The lowest BCUT2D eigenvalue weighted by molar-refractivity contribution is -0.124. The topological polar surface area (TPSA) is 114 Å². The lowest BCUT2D eigenvalue weighted by atomic mass is 10.1. The van der Waals surface area contributed by atoms with Crippen molar-refractivity contribution >= 4 is 35.0 Å². The second-order valence-electron chi connectivity index (χ2n) is 6.34. The van der Waals surface area contributed by atoms with E-state index in [4.69, 9.17) is 10.5 Å². The Labute approximate surface area is 175 Å². The maximum absolute atomic E-state index is 12.3. The number of ether oxygens (including phenoxy) is 1. The van der Waals surface area contributed by atoms with Crippen LogP contribution in [0.4, 0.5) is 11.4 Å².